The van der Waals surface area contributed by atoms with Crippen molar-refractivity contribution < 1.29 is 63.3 Å². The lowest BCUT2D eigenvalue weighted by atomic mass is 10.0. The number of phenols is 1. The van der Waals surface area contributed by atoms with E-state index in [-0.39, 0.29) is 36.5 Å². The molecule has 0 radical (unpaired) electrons. The zero-order valence-corrected chi connectivity index (χ0v) is 41.5. The smallest absolute Gasteiger partial charge is 0.327 e. The van der Waals surface area contributed by atoms with Crippen molar-refractivity contribution in [3.05, 3.63) is 102 Å². The highest BCUT2D eigenvalue weighted by molar-refractivity contribution is 7.80. The summed E-state index contributed by atoms with van der Waals surface area (Å²) in [6, 6.07) is 10.7. The van der Waals surface area contributed by atoms with Crippen molar-refractivity contribution in [2.24, 2.45) is 5.73 Å². The van der Waals surface area contributed by atoms with Gasteiger partial charge in [-0.2, -0.15) is 25.3 Å². The van der Waals surface area contributed by atoms with Gasteiger partial charge >= 0.3 is 11.9 Å². The van der Waals surface area contributed by atoms with Crippen molar-refractivity contribution in [2.45, 2.75) is 94.3 Å². The van der Waals surface area contributed by atoms with Crippen molar-refractivity contribution in [1.82, 2.24) is 47.5 Å². The van der Waals surface area contributed by atoms with E-state index in [9.17, 15) is 63.3 Å². The molecule has 0 aliphatic carbocycles. The van der Waals surface area contributed by atoms with Gasteiger partial charge in [0.2, 0.25) is 47.3 Å². The summed E-state index contributed by atoms with van der Waals surface area (Å²) in [5, 5.41) is 49.2. The van der Waals surface area contributed by atoms with Crippen molar-refractivity contribution in [3.8, 4) is 5.75 Å². The molecule has 0 fully saturated rings. The Morgan fingerprint density at radius 3 is 1.67 bits per heavy atom. The van der Waals surface area contributed by atoms with Crippen LogP contribution in [0.2, 0.25) is 0 Å². The van der Waals surface area contributed by atoms with Crippen LogP contribution >= 0.6 is 25.3 Å². The van der Waals surface area contributed by atoms with Crippen molar-refractivity contribution in [1.29, 1.82) is 0 Å². The number of aromatic nitrogens is 1. The molecule has 14 N–H and O–H groups in total. The number of carboxylic acids is 2. The molecule has 0 saturated heterocycles. The fourth-order valence-electron chi connectivity index (χ4n) is 7.11. The molecule has 1 aromatic heterocycles. The highest BCUT2D eigenvalue weighted by Crippen LogP contribution is 2.20. The number of nitrogens with two attached hydrogens (primary N) is 1. The predicted molar refractivity (Wildman–Crippen MR) is 272 cm³/mol. The fraction of sp³-hybridized carbons (Fsp3) is 0.375. The number of aromatic amines is 1. The van der Waals surface area contributed by atoms with Gasteiger partial charge in [-0.25, -0.2) is 4.79 Å². The molecule has 392 valence electrons. The summed E-state index contributed by atoms with van der Waals surface area (Å²) < 4.78 is 0. The summed E-state index contributed by atoms with van der Waals surface area (Å²) in [5.41, 5.74) is 8.27. The molecule has 3 aromatic carbocycles. The molecule has 4 rings (SSSR count). The molecule has 0 aliphatic rings. The number of H-pyrrole nitrogens is 1. The molecule has 8 atom stereocenters. The third-order valence-electron chi connectivity index (χ3n) is 11.2. The lowest BCUT2D eigenvalue weighted by Gasteiger charge is -2.25. The Hall–Kier alpha value is -7.64. The Morgan fingerprint density at radius 2 is 1.07 bits per heavy atom. The maximum Gasteiger partial charge on any atom is 0.327 e. The number of nitrogens with one attached hydrogen (secondary N) is 9. The van der Waals surface area contributed by atoms with Gasteiger partial charge in [0.05, 0.1) is 12.6 Å². The van der Waals surface area contributed by atoms with Crippen LogP contribution in [0.3, 0.4) is 0 Å². The maximum atomic E-state index is 14.0. The third kappa shape index (κ3) is 18.5. The third-order valence-corrected chi connectivity index (χ3v) is 12.0. The largest absolute Gasteiger partial charge is 0.508 e. The molecule has 1 heterocycles. The number of carbonyl (C=O) groups excluding carboxylic acids is 8. The molecular formula is C48H60N10O13S2. The number of para-hydroxylation sites is 1. The Kier molecular flexibility index (Phi) is 22.5. The summed E-state index contributed by atoms with van der Waals surface area (Å²) in [4.78, 5) is 134. The molecule has 73 heavy (non-hydrogen) atoms. The van der Waals surface area contributed by atoms with E-state index in [2.05, 4.69) is 72.8 Å². The number of carboxylic acid groups (broad SMARTS) is 2. The highest BCUT2D eigenvalue weighted by atomic mass is 32.1. The van der Waals surface area contributed by atoms with Crippen LogP contribution < -0.4 is 48.3 Å². The van der Waals surface area contributed by atoms with Crippen LogP contribution in [0.4, 0.5) is 0 Å². The highest BCUT2D eigenvalue weighted by Gasteiger charge is 2.33. The summed E-state index contributed by atoms with van der Waals surface area (Å²) in [6.45, 7) is 1.86. The summed E-state index contributed by atoms with van der Waals surface area (Å²) >= 11 is 8.02. The molecule has 8 amide bonds. The van der Waals surface area contributed by atoms with Crippen LogP contribution in [0.25, 0.3) is 10.9 Å². The van der Waals surface area contributed by atoms with Crippen molar-refractivity contribution in [2.75, 3.05) is 18.1 Å². The van der Waals surface area contributed by atoms with Gasteiger partial charge in [0.15, 0.2) is 0 Å². The minimum absolute atomic E-state index is 0.0312. The molecule has 25 heteroatoms. The molecule has 23 nitrogen and oxygen atoms in total. The number of amides is 8. The van der Waals surface area contributed by atoms with E-state index >= 15 is 0 Å². The van der Waals surface area contributed by atoms with E-state index in [1.54, 1.807) is 60.8 Å². The Bertz CT molecular complexity index is 2600. The number of thiol groups is 2. The van der Waals surface area contributed by atoms with E-state index in [4.69, 9.17) is 5.73 Å². The summed E-state index contributed by atoms with van der Waals surface area (Å²) in [5.74, 6) is -9.87. The molecule has 4 aromatic rings. The predicted octanol–water partition coefficient (Wildman–Crippen LogP) is -1.41. The number of hydrogen-bond acceptors (Lipinski definition) is 14. The number of carbonyl (C=O) groups is 10. The van der Waals surface area contributed by atoms with Gasteiger partial charge in [0.1, 0.15) is 48.0 Å². The molecule has 0 saturated carbocycles. The summed E-state index contributed by atoms with van der Waals surface area (Å²) in [6.07, 6.45) is 0.270. The summed E-state index contributed by atoms with van der Waals surface area (Å²) in [7, 11) is 0. The van der Waals surface area contributed by atoms with Gasteiger partial charge in [-0.1, -0.05) is 60.7 Å². The van der Waals surface area contributed by atoms with Gasteiger partial charge < -0.3 is 68.6 Å². The first kappa shape index (κ1) is 57.9. The molecular weight excluding hydrogens is 989 g/mol. The average molecular weight is 1050 g/mol. The average Bonchev–Trinajstić information content (AvgIpc) is 3.77. The Morgan fingerprint density at radius 1 is 0.562 bits per heavy atom. The Labute approximate surface area is 430 Å². The minimum atomic E-state index is -1.59. The van der Waals surface area contributed by atoms with Crippen LogP contribution in [0.15, 0.2) is 85.1 Å². The van der Waals surface area contributed by atoms with Crippen LogP contribution in [0.1, 0.15) is 43.4 Å². The van der Waals surface area contributed by atoms with Crippen LogP contribution in [0, 0.1) is 0 Å². The first-order chi connectivity index (χ1) is 34.7. The van der Waals surface area contributed by atoms with Gasteiger partial charge in [-0.05, 0) is 55.2 Å². The molecule has 0 spiro atoms. The van der Waals surface area contributed by atoms with E-state index in [0.717, 1.165) is 10.9 Å². The number of benzene rings is 3. The lowest BCUT2D eigenvalue weighted by Crippen LogP contribution is -2.59. The van der Waals surface area contributed by atoms with Crippen molar-refractivity contribution in [3.63, 3.8) is 0 Å². The van der Waals surface area contributed by atoms with Gasteiger partial charge in [0.25, 0.3) is 0 Å². The van der Waals surface area contributed by atoms with Crippen LogP contribution in [-0.4, -0.2) is 146 Å². The van der Waals surface area contributed by atoms with Gasteiger partial charge in [0, 0.05) is 54.3 Å². The normalized spacial score (nSPS) is 14.3. The second-order valence-corrected chi connectivity index (χ2v) is 17.6. The number of fused-ring (bicyclic) bond motifs is 1. The van der Waals surface area contributed by atoms with Crippen molar-refractivity contribution >= 4 is 95.4 Å². The zero-order chi connectivity index (χ0) is 53.8. The number of aromatic hydroxyl groups is 1. The second-order valence-electron chi connectivity index (χ2n) is 16.9. The SMILES string of the molecule is C[C@H](NC(=O)[C@H](C)NC(=O)[C@H](CCC(=O)O)NC(=O)[C@H](Cc1ccccc1)NC(=O)CNC(=O)[C@H](Cc1ccc(O)cc1)NC(=O)[C@@H](N)CS)C(=O)N[C@@H](Cc1c[nH]c2ccccc12)C(=O)N[C@@H](CS)C(=O)O. The lowest BCUT2D eigenvalue weighted by molar-refractivity contribution is -0.141. The topological polar surface area (TPSA) is 369 Å². The van der Waals surface area contributed by atoms with Gasteiger partial charge in [-0.3, -0.25) is 43.2 Å². The number of phenolic OH excluding ortho intramolecular Hbond substituents is 1. The Balaban J connectivity index is 1.44. The minimum Gasteiger partial charge on any atom is -0.508 e. The fourth-order valence-corrected chi connectivity index (χ4v) is 7.52. The standard InChI is InChI=1S/C48H60N10O13S2/c1-25(41(63)52-26(2)42(64)56-37(47(69)58-38(24-73)48(70)71)20-29-21-50-33-11-7-6-10-31(29)33)53-45(67)34(16-17-40(61)62)55-46(68)36(18-27-8-4-3-5-9-27)54-39(60)22-51-44(66)35(57-43(65)32(49)23-72)19-28-12-14-30(59)15-13-28/h3-15,21,25-26,32,34-38,50,59,72-73H,16-20,22-24,49H2,1-2H3,(H,51,66)(H,52,63)(H,53,67)(H,54,60)(H,55,68)(H,56,64)(H,57,65)(H,58,69)(H,61,62)(H,70,71)/t25-,26-,32-,34-,35-,36-,37-,38-/m0/s1. The molecule has 0 unspecified atom stereocenters. The first-order valence-electron chi connectivity index (χ1n) is 22.9. The monoisotopic (exact) mass is 1050 g/mol. The van der Waals surface area contributed by atoms with Crippen LogP contribution in [-0.2, 0) is 67.2 Å². The first-order valence-corrected chi connectivity index (χ1v) is 24.1. The number of hydrogen-bond donors (Lipinski definition) is 15. The van der Waals surface area contributed by atoms with Crippen LogP contribution in [0.5, 0.6) is 5.75 Å². The number of rotatable bonds is 28. The van der Waals surface area contributed by atoms with E-state index in [1.165, 1.54) is 38.1 Å². The zero-order valence-electron chi connectivity index (χ0n) is 39.8. The number of aliphatic carboxylic acids is 2. The van der Waals surface area contributed by atoms with E-state index in [0.29, 0.717) is 16.7 Å². The molecule has 0 aliphatic heterocycles. The second kappa shape index (κ2) is 28.4. The maximum absolute atomic E-state index is 14.0. The van der Waals surface area contributed by atoms with E-state index < -0.39 is 127 Å². The quantitative estimate of drug-likeness (QED) is 0.0291. The van der Waals surface area contributed by atoms with Gasteiger partial charge in [-0.15, -0.1) is 0 Å². The molecule has 0 bridgehead atoms. The van der Waals surface area contributed by atoms with E-state index in [1.807, 2.05) is 0 Å².